The van der Waals surface area contributed by atoms with Crippen molar-refractivity contribution in [3.05, 3.63) is 18.0 Å². The second-order valence-corrected chi connectivity index (χ2v) is 8.08. The van der Waals surface area contributed by atoms with Crippen LogP contribution in [0.4, 0.5) is 10.7 Å². The van der Waals surface area contributed by atoms with Crippen LogP contribution in [0.1, 0.15) is 58.9 Å². The van der Waals surface area contributed by atoms with E-state index in [1.54, 1.807) is 0 Å². The summed E-state index contributed by atoms with van der Waals surface area (Å²) in [6.45, 7) is 11.2. The van der Waals surface area contributed by atoms with Gasteiger partial charge in [0, 0.05) is 25.5 Å². The number of amides is 1. The van der Waals surface area contributed by atoms with Crippen LogP contribution in [0.2, 0.25) is 0 Å². The number of nitrogens with zero attached hydrogens (tertiary/aromatic N) is 4. The van der Waals surface area contributed by atoms with E-state index in [1.165, 1.54) is 18.4 Å². The predicted molar refractivity (Wildman–Crippen MR) is 93.2 cm³/mol. The molecule has 1 saturated carbocycles. The van der Waals surface area contributed by atoms with Crippen LogP contribution in [0.25, 0.3) is 0 Å². The predicted octanol–water partition coefficient (Wildman–Crippen LogP) is 3.19. The van der Waals surface area contributed by atoms with Crippen molar-refractivity contribution in [3.8, 4) is 0 Å². The number of rotatable bonds is 2. The molecule has 6 nitrogen and oxygen atoms in total. The highest BCUT2D eigenvalue weighted by atomic mass is 16.6. The molecule has 1 aromatic rings. The van der Waals surface area contributed by atoms with E-state index in [1.807, 2.05) is 51.9 Å². The Kier molecular flexibility index (Phi) is 4.40. The lowest BCUT2D eigenvalue weighted by Gasteiger charge is -2.44. The Hall–Kier alpha value is -1.85. The third kappa shape index (κ3) is 3.79. The standard InChI is InChI=1S/C18H28N4O2/c1-12-10-21(16-19-8-15(9-20-16)14-6-7-14)11-13(2)22(12)17(23)24-18(3,4)5/h8-9,12-14H,6-7,10-11H2,1-5H3/t12-,13+. The van der Waals surface area contributed by atoms with Gasteiger partial charge in [-0.15, -0.1) is 0 Å². The van der Waals surface area contributed by atoms with Gasteiger partial charge >= 0.3 is 6.09 Å². The molecular formula is C18H28N4O2. The van der Waals surface area contributed by atoms with E-state index in [0.717, 1.165) is 5.95 Å². The SMILES string of the molecule is C[C@@H]1CN(c2ncc(C3CC3)cn2)C[C@H](C)N1C(=O)OC(C)(C)C. The van der Waals surface area contributed by atoms with Gasteiger partial charge in [0.2, 0.25) is 5.95 Å². The molecule has 1 aliphatic heterocycles. The lowest BCUT2D eigenvalue weighted by Crippen LogP contribution is -2.59. The molecule has 1 saturated heterocycles. The van der Waals surface area contributed by atoms with E-state index in [9.17, 15) is 4.79 Å². The minimum atomic E-state index is -0.477. The fraction of sp³-hybridized carbons (Fsp3) is 0.722. The first-order valence-electron chi connectivity index (χ1n) is 8.83. The number of hydrogen-bond donors (Lipinski definition) is 0. The molecule has 1 amide bonds. The van der Waals surface area contributed by atoms with Crippen molar-refractivity contribution in [2.75, 3.05) is 18.0 Å². The summed E-state index contributed by atoms with van der Waals surface area (Å²) in [6.07, 6.45) is 6.18. The molecule has 1 aliphatic carbocycles. The first-order valence-corrected chi connectivity index (χ1v) is 8.83. The molecule has 0 radical (unpaired) electrons. The maximum absolute atomic E-state index is 12.5. The molecular weight excluding hydrogens is 304 g/mol. The molecule has 2 heterocycles. The fourth-order valence-electron chi connectivity index (χ4n) is 3.28. The molecule has 2 aliphatic rings. The van der Waals surface area contributed by atoms with Crippen molar-refractivity contribution in [1.82, 2.24) is 14.9 Å². The molecule has 2 atom stereocenters. The number of hydrogen-bond acceptors (Lipinski definition) is 5. The summed E-state index contributed by atoms with van der Waals surface area (Å²) in [4.78, 5) is 25.5. The fourth-order valence-corrected chi connectivity index (χ4v) is 3.28. The Morgan fingerprint density at radius 1 is 1.12 bits per heavy atom. The highest BCUT2D eigenvalue weighted by Gasteiger charge is 2.36. The third-order valence-corrected chi connectivity index (χ3v) is 4.51. The average molecular weight is 332 g/mol. The molecule has 3 rings (SSSR count). The Morgan fingerprint density at radius 3 is 2.12 bits per heavy atom. The monoisotopic (exact) mass is 332 g/mol. The van der Waals surface area contributed by atoms with E-state index in [2.05, 4.69) is 14.9 Å². The first-order chi connectivity index (χ1) is 11.2. The van der Waals surface area contributed by atoms with Crippen molar-refractivity contribution in [2.45, 2.75) is 71.1 Å². The van der Waals surface area contributed by atoms with Crippen molar-refractivity contribution in [1.29, 1.82) is 0 Å². The summed E-state index contributed by atoms with van der Waals surface area (Å²) < 4.78 is 5.55. The van der Waals surface area contributed by atoms with Crippen LogP contribution in [-0.4, -0.2) is 51.7 Å². The van der Waals surface area contributed by atoms with Gasteiger partial charge in [-0.2, -0.15) is 0 Å². The largest absolute Gasteiger partial charge is 0.444 e. The number of piperazine rings is 1. The Balaban J connectivity index is 1.67. The lowest BCUT2D eigenvalue weighted by atomic mass is 10.1. The minimum absolute atomic E-state index is 0.0512. The minimum Gasteiger partial charge on any atom is -0.444 e. The molecule has 2 fully saturated rings. The number of carbonyl (C=O) groups is 1. The average Bonchev–Trinajstić information content (AvgIpc) is 3.29. The molecule has 0 bridgehead atoms. The maximum atomic E-state index is 12.5. The summed E-state index contributed by atoms with van der Waals surface area (Å²) in [7, 11) is 0. The summed E-state index contributed by atoms with van der Waals surface area (Å²) >= 11 is 0. The number of aromatic nitrogens is 2. The number of anilines is 1. The molecule has 0 N–H and O–H groups in total. The number of carbonyl (C=O) groups excluding carboxylic acids is 1. The second-order valence-electron chi connectivity index (χ2n) is 8.08. The lowest BCUT2D eigenvalue weighted by molar-refractivity contribution is 0.00554. The summed E-state index contributed by atoms with van der Waals surface area (Å²) in [5, 5.41) is 0. The topological polar surface area (TPSA) is 58.6 Å². The van der Waals surface area contributed by atoms with Gasteiger partial charge in [-0.05, 0) is 58.9 Å². The van der Waals surface area contributed by atoms with Crippen molar-refractivity contribution < 1.29 is 9.53 Å². The zero-order valence-corrected chi connectivity index (χ0v) is 15.3. The smallest absolute Gasteiger partial charge is 0.410 e. The van der Waals surface area contributed by atoms with Gasteiger partial charge in [0.05, 0.1) is 12.1 Å². The summed E-state index contributed by atoms with van der Waals surface area (Å²) in [5.41, 5.74) is 0.766. The normalized spacial score (nSPS) is 24.9. The van der Waals surface area contributed by atoms with Gasteiger partial charge in [0.15, 0.2) is 0 Å². The van der Waals surface area contributed by atoms with Crippen LogP contribution >= 0.6 is 0 Å². The van der Waals surface area contributed by atoms with E-state index in [0.29, 0.717) is 19.0 Å². The van der Waals surface area contributed by atoms with Crippen LogP contribution in [0, 0.1) is 0 Å². The van der Waals surface area contributed by atoms with Crippen molar-refractivity contribution in [3.63, 3.8) is 0 Å². The Morgan fingerprint density at radius 2 is 1.67 bits per heavy atom. The van der Waals surface area contributed by atoms with Crippen LogP contribution in [-0.2, 0) is 4.74 Å². The Bertz CT molecular complexity index is 580. The molecule has 0 unspecified atom stereocenters. The molecule has 132 valence electrons. The van der Waals surface area contributed by atoms with Crippen LogP contribution < -0.4 is 4.90 Å². The van der Waals surface area contributed by atoms with Gasteiger partial charge in [-0.1, -0.05) is 0 Å². The van der Waals surface area contributed by atoms with Crippen LogP contribution in [0.5, 0.6) is 0 Å². The highest BCUT2D eigenvalue weighted by Crippen LogP contribution is 2.39. The van der Waals surface area contributed by atoms with Crippen LogP contribution in [0.3, 0.4) is 0 Å². The Labute approximate surface area is 144 Å². The molecule has 0 aromatic carbocycles. The second kappa shape index (κ2) is 6.22. The molecule has 0 spiro atoms. The van der Waals surface area contributed by atoms with Gasteiger partial charge in [0.1, 0.15) is 5.60 Å². The zero-order valence-electron chi connectivity index (χ0n) is 15.3. The van der Waals surface area contributed by atoms with E-state index < -0.39 is 5.60 Å². The van der Waals surface area contributed by atoms with Crippen molar-refractivity contribution >= 4 is 12.0 Å². The zero-order chi connectivity index (χ0) is 17.5. The molecule has 1 aromatic heterocycles. The van der Waals surface area contributed by atoms with E-state index in [4.69, 9.17) is 4.74 Å². The summed E-state index contributed by atoms with van der Waals surface area (Å²) in [6, 6.07) is 0.102. The third-order valence-electron chi connectivity index (χ3n) is 4.51. The highest BCUT2D eigenvalue weighted by molar-refractivity contribution is 5.69. The quantitative estimate of drug-likeness (QED) is 0.832. The van der Waals surface area contributed by atoms with Crippen molar-refractivity contribution in [2.24, 2.45) is 0 Å². The first kappa shape index (κ1) is 17.0. The van der Waals surface area contributed by atoms with Gasteiger partial charge in [-0.3, -0.25) is 4.90 Å². The molecule has 6 heteroatoms. The van der Waals surface area contributed by atoms with E-state index >= 15 is 0 Å². The van der Waals surface area contributed by atoms with Gasteiger partial charge < -0.3 is 9.64 Å². The van der Waals surface area contributed by atoms with E-state index in [-0.39, 0.29) is 18.2 Å². The van der Waals surface area contributed by atoms with Gasteiger partial charge in [0.25, 0.3) is 0 Å². The molecule has 24 heavy (non-hydrogen) atoms. The van der Waals surface area contributed by atoms with Crippen LogP contribution in [0.15, 0.2) is 12.4 Å². The summed E-state index contributed by atoms with van der Waals surface area (Å²) in [5.74, 6) is 1.42. The number of ether oxygens (including phenoxy) is 1. The van der Waals surface area contributed by atoms with Gasteiger partial charge in [-0.25, -0.2) is 14.8 Å². The maximum Gasteiger partial charge on any atom is 0.410 e.